The number of carbonyl (C=O) groups excluding carboxylic acids is 1. The summed E-state index contributed by atoms with van der Waals surface area (Å²) in [5, 5.41) is 11.7. The molecule has 4 heterocycles. The molecule has 4 rings (SSSR count). The van der Waals surface area contributed by atoms with Crippen molar-refractivity contribution >= 4 is 21.8 Å². The highest BCUT2D eigenvalue weighted by molar-refractivity contribution is 9.10. The highest BCUT2D eigenvalue weighted by Gasteiger charge is 2.38. The summed E-state index contributed by atoms with van der Waals surface area (Å²) in [6.45, 7) is 0.483. The fraction of sp³-hybridized carbons (Fsp3) is 0.562. The molecule has 2 atom stereocenters. The lowest BCUT2D eigenvalue weighted by atomic mass is 9.98. The Morgan fingerprint density at radius 1 is 1.33 bits per heavy atom. The zero-order valence-corrected chi connectivity index (χ0v) is 15.2. The highest BCUT2D eigenvalue weighted by atomic mass is 79.9. The third-order valence-electron chi connectivity index (χ3n) is 5.20. The first-order chi connectivity index (χ1) is 11.6. The number of hydrogen-bond donors (Lipinski definition) is 1. The van der Waals surface area contributed by atoms with Gasteiger partial charge in [-0.25, -0.2) is 4.68 Å². The monoisotopic (exact) mass is 392 g/mol. The maximum Gasteiger partial charge on any atom is 0.271 e. The van der Waals surface area contributed by atoms with E-state index in [1.165, 1.54) is 12.8 Å². The van der Waals surface area contributed by atoms with Crippen LogP contribution in [0, 0.1) is 0 Å². The van der Waals surface area contributed by atoms with Gasteiger partial charge in [-0.05, 0) is 54.7 Å². The van der Waals surface area contributed by atoms with Crippen LogP contribution < -0.4 is 5.32 Å². The molecule has 2 unspecified atom stereocenters. The molecule has 2 saturated heterocycles. The third-order valence-corrected chi connectivity index (χ3v) is 5.61. The van der Waals surface area contributed by atoms with E-state index < -0.39 is 0 Å². The van der Waals surface area contributed by atoms with Crippen molar-refractivity contribution in [2.24, 2.45) is 0 Å². The van der Waals surface area contributed by atoms with Gasteiger partial charge in [-0.3, -0.25) is 9.48 Å². The molecule has 2 aromatic rings. The number of halogens is 1. The number of nitrogens with zero attached hydrogens (tertiary/aromatic N) is 5. The van der Waals surface area contributed by atoms with Gasteiger partial charge in [0.15, 0.2) is 0 Å². The Morgan fingerprint density at radius 3 is 2.75 bits per heavy atom. The number of hydrogen-bond acceptors (Lipinski definition) is 4. The van der Waals surface area contributed by atoms with E-state index >= 15 is 0 Å². The zero-order chi connectivity index (χ0) is 16.7. The minimum absolute atomic E-state index is 0.0793. The molecule has 2 aliphatic heterocycles. The van der Waals surface area contributed by atoms with Crippen LogP contribution in [0.4, 0.5) is 0 Å². The van der Waals surface area contributed by atoms with Gasteiger partial charge in [-0.15, -0.1) is 0 Å². The molecule has 128 valence electrons. The fourth-order valence-electron chi connectivity index (χ4n) is 3.91. The molecular weight excluding hydrogens is 372 g/mol. The molecule has 2 aliphatic rings. The molecule has 8 heteroatoms. The second-order valence-corrected chi connectivity index (χ2v) is 7.69. The predicted octanol–water partition coefficient (Wildman–Crippen LogP) is 1.70. The van der Waals surface area contributed by atoms with Gasteiger partial charge in [0.1, 0.15) is 12.4 Å². The van der Waals surface area contributed by atoms with Crippen LogP contribution in [-0.4, -0.2) is 55.5 Å². The van der Waals surface area contributed by atoms with Crippen molar-refractivity contribution in [2.45, 2.75) is 50.5 Å². The van der Waals surface area contributed by atoms with E-state index in [9.17, 15) is 4.79 Å². The van der Waals surface area contributed by atoms with Crippen LogP contribution in [0.2, 0.25) is 0 Å². The van der Waals surface area contributed by atoms with Gasteiger partial charge in [-0.2, -0.15) is 10.2 Å². The molecule has 0 aromatic carbocycles. The van der Waals surface area contributed by atoms with Crippen LogP contribution in [0.25, 0.3) is 0 Å². The molecule has 2 fully saturated rings. The molecule has 0 radical (unpaired) electrons. The summed E-state index contributed by atoms with van der Waals surface area (Å²) >= 11 is 3.37. The molecule has 1 N–H and O–H groups in total. The van der Waals surface area contributed by atoms with Crippen molar-refractivity contribution in [1.82, 2.24) is 29.8 Å². The number of amides is 1. The van der Waals surface area contributed by atoms with Crippen LogP contribution in [0.5, 0.6) is 0 Å². The largest absolute Gasteiger partial charge is 0.348 e. The van der Waals surface area contributed by atoms with Crippen molar-refractivity contribution in [3.8, 4) is 0 Å². The smallest absolute Gasteiger partial charge is 0.271 e. The van der Waals surface area contributed by atoms with Crippen LogP contribution in [0.3, 0.4) is 0 Å². The zero-order valence-electron chi connectivity index (χ0n) is 13.6. The van der Waals surface area contributed by atoms with Gasteiger partial charge in [0.25, 0.3) is 5.91 Å². The average molecular weight is 393 g/mol. The maximum atomic E-state index is 12.5. The number of rotatable bonds is 4. The van der Waals surface area contributed by atoms with Gasteiger partial charge in [0.05, 0.1) is 10.7 Å². The van der Waals surface area contributed by atoms with Gasteiger partial charge >= 0.3 is 0 Å². The Bertz CT molecular complexity index is 727. The number of carbonyl (C=O) groups is 1. The Balaban J connectivity index is 1.37. The lowest BCUT2D eigenvalue weighted by molar-refractivity contribution is 0.0876. The summed E-state index contributed by atoms with van der Waals surface area (Å²) in [7, 11) is 2.20. The number of nitrogens with one attached hydrogen (secondary N) is 1. The lowest BCUT2D eigenvalue weighted by Crippen LogP contribution is -2.48. The Labute approximate surface area is 149 Å². The molecule has 0 spiro atoms. The van der Waals surface area contributed by atoms with E-state index in [4.69, 9.17) is 0 Å². The van der Waals surface area contributed by atoms with Crippen LogP contribution in [0.1, 0.15) is 36.2 Å². The first-order valence-corrected chi connectivity index (χ1v) is 9.12. The number of fused-ring (bicyclic) bond motifs is 2. The summed E-state index contributed by atoms with van der Waals surface area (Å²) in [5.74, 6) is -0.0793. The highest BCUT2D eigenvalue weighted by Crippen LogP contribution is 2.34. The van der Waals surface area contributed by atoms with Gasteiger partial charge in [0, 0.05) is 30.5 Å². The SMILES string of the molecule is CN1C2CCC1CC(NC(=O)c1ccn(Cn3cc(Br)cn3)n1)C2. The van der Waals surface area contributed by atoms with E-state index in [0.717, 1.165) is 17.3 Å². The quantitative estimate of drug-likeness (QED) is 0.859. The number of piperidine rings is 1. The summed E-state index contributed by atoms with van der Waals surface area (Å²) in [6.07, 6.45) is 9.99. The molecule has 0 aliphatic carbocycles. The average Bonchev–Trinajstić information content (AvgIpc) is 3.21. The van der Waals surface area contributed by atoms with Gasteiger partial charge in [-0.1, -0.05) is 0 Å². The molecule has 24 heavy (non-hydrogen) atoms. The minimum Gasteiger partial charge on any atom is -0.348 e. The first-order valence-electron chi connectivity index (χ1n) is 8.32. The second kappa shape index (κ2) is 6.33. The molecule has 7 nitrogen and oxygen atoms in total. The molecule has 0 saturated carbocycles. The van der Waals surface area contributed by atoms with Crippen LogP contribution >= 0.6 is 15.9 Å². The number of aromatic nitrogens is 4. The third kappa shape index (κ3) is 3.12. The molecular formula is C16H21BrN6O. The van der Waals surface area contributed by atoms with Crippen molar-refractivity contribution in [1.29, 1.82) is 0 Å². The van der Waals surface area contributed by atoms with Crippen molar-refractivity contribution in [3.05, 3.63) is 34.8 Å². The molecule has 1 amide bonds. The second-order valence-electron chi connectivity index (χ2n) is 6.77. The lowest BCUT2D eigenvalue weighted by Gasteiger charge is -2.36. The summed E-state index contributed by atoms with van der Waals surface area (Å²) in [5.41, 5.74) is 0.465. The van der Waals surface area contributed by atoms with E-state index in [2.05, 4.69) is 43.4 Å². The summed E-state index contributed by atoms with van der Waals surface area (Å²) in [6, 6.07) is 3.26. The van der Waals surface area contributed by atoms with E-state index in [-0.39, 0.29) is 11.9 Å². The maximum absolute atomic E-state index is 12.5. The van der Waals surface area contributed by atoms with Crippen LogP contribution in [-0.2, 0) is 6.67 Å². The Hall–Kier alpha value is -1.67. The summed E-state index contributed by atoms with van der Waals surface area (Å²) in [4.78, 5) is 14.9. The minimum atomic E-state index is -0.0793. The van der Waals surface area contributed by atoms with Crippen molar-refractivity contribution in [2.75, 3.05) is 7.05 Å². The molecule has 2 aromatic heterocycles. The topological polar surface area (TPSA) is 68.0 Å². The Kier molecular flexibility index (Phi) is 4.17. The van der Waals surface area contributed by atoms with E-state index in [1.807, 2.05) is 12.4 Å². The van der Waals surface area contributed by atoms with Gasteiger partial charge < -0.3 is 10.2 Å². The normalized spacial score (nSPS) is 26.7. The van der Waals surface area contributed by atoms with E-state index in [1.54, 1.807) is 21.6 Å². The van der Waals surface area contributed by atoms with Gasteiger partial charge in [0.2, 0.25) is 0 Å². The van der Waals surface area contributed by atoms with E-state index in [0.29, 0.717) is 24.4 Å². The van der Waals surface area contributed by atoms with Crippen LogP contribution in [0.15, 0.2) is 29.1 Å². The van der Waals surface area contributed by atoms with Crippen molar-refractivity contribution < 1.29 is 4.79 Å². The standard InChI is InChI=1S/C16H21BrN6O/c1-21-13-2-3-14(21)7-12(6-13)19-16(24)15-4-5-22(20-15)10-23-9-11(17)8-18-23/h4-5,8-9,12-14H,2-3,6-7,10H2,1H3,(H,19,24). The molecule has 2 bridgehead atoms. The fourth-order valence-corrected chi connectivity index (χ4v) is 4.24. The summed E-state index contributed by atoms with van der Waals surface area (Å²) < 4.78 is 4.39. The van der Waals surface area contributed by atoms with Crippen molar-refractivity contribution in [3.63, 3.8) is 0 Å². The first kappa shape index (κ1) is 15.8. The predicted molar refractivity (Wildman–Crippen MR) is 92.6 cm³/mol. The Morgan fingerprint density at radius 2 is 2.08 bits per heavy atom.